The zero-order valence-electron chi connectivity index (χ0n) is 13.0. The molecule has 1 aliphatic carbocycles. The summed E-state index contributed by atoms with van der Waals surface area (Å²) in [4.78, 5) is 4.09. The molecule has 1 saturated carbocycles. The van der Waals surface area contributed by atoms with Crippen LogP contribution in [-0.2, 0) is 11.2 Å². The molecule has 0 aliphatic heterocycles. The van der Waals surface area contributed by atoms with Crippen molar-refractivity contribution in [2.45, 2.75) is 51.2 Å². The zero-order chi connectivity index (χ0) is 14.9. The molecule has 21 heavy (non-hydrogen) atoms. The van der Waals surface area contributed by atoms with Crippen molar-refractivity contribution in [2.75, 3.05) is 19.7 Å². The van der Waals surface area contributed by atoms with Gasteiger partial charge in [-0.05, 0) is 43.4 Å². The summed E-state index contributed by atoms with van der Waals surface area (Å²) in [6, 6.07) is 4.02. The summed E-state index contributed by atoms with van der Waals surface area (Å²) < 4.78 is 5.87. The lowest BCUT2D eigenvalue weighted by molar-refractivity contribution is -0.0450. The average Bonchev–Trinajstić information content (AvgIpc) is 2.52. The maximum Gasteiger partial charge on any atom is 0.0897 e. The SMILES string of the molecule is CC1CCCCC1OCC(O)CNCCc1cccnc1. The summed E-state index contributed by atoms with van der Waals surface area (Å²) in [5, 5.41) is 13.2. The second-order valence-electron chi connectivity index (χ2n) is 6.10. The molecule has 3 unspecified atom stereocenters. The number of aliphatic hydroxyl groups is 1. The molecule has 3 atom stereocenters. The van der Waals surface area contributed by atoms with Gasteiger partial charge in [0, 0.05) is 18.9 Å². The molecule has 2 N–H and O–H groups in total. The van der Waals surface area contributed by atoms with E-state index >= 15 is 0 Å². The van der Waals surface area contributed by atoms with Crippen LogP contribution in [0.5, 0.6) is 0 Å². The molecule has 0 aromatic carbocycles. The van der Waals surface area contributed by atoms with Crippen molar-refractivity contribution >= 4 is 0 Å². The first-order valence-corrected chi connectivity index (χ1v) is 8.15. The summed E-state index contributed by atoms with van der Waals surface area (Å²) in [5.41, 5.74) is 1.21. The Kier molecular flexibility index (Phi) is 7.13. The molecule has 0 amide bonds. The molecule has 4 heteroatoms. The van der Waals surface area contributed by atoms with Crippen LogP contribution in [0.4, 0.5) is 0 Å². The molecule has 1 fully saturated rings. The highest BCUT2D eigenvalue weighted by Crippen LogP contribution is 2.26. The Bertz CT molecular complexity index is 386. The van der Waals surface area contributed by atoms with Crippen LogP contribution in [0.25, 0.3) is 0 Å². The normalized spacial score (nSPS) is 23.9. The first-order valence-electron chi connectivity index (χ1n) is 8.15. The van der Waals surface area contributed by atoms with Crippen molar-refractivity contribution in [2.24, 2.45) is 5.92 Å². The molecule has 0 saturated heterocycles. The monoisotopic (exact) mass is 292 g/mol. The number of hydrogen-bond donors (Lipinski definition) is 2. The number of pyridine rings is 1. The Morgan fingerprint density at radius 1 is 1.43 bits per heavy atom. The van der Waals surface area contributed by atoms with E-state index in [4.69, 9.17) is 4.74 Å². The molecule has 0 spiro atoms. The fourth-order valence-electron chi connectivity index (χ4n) is 2.87. The Labute approximate surface area is 127 Å². The van der Waals surface area contributed by atoms with Crippen LogP contribution in [0.15, 0.2) is 24.5 Å². The Morgan fingerprint density at radius 2 is 2.29 bits per heavy atom. The summed E-state index contributed by atoms with van der Waals surface area (Å²) in [6.07, 6.45) is 9.48. The number of rotatable bonds is 8. The van der Waals surface area contributed by atoms with Gasteiger partial charge >= 0.3 is 0 Å². The third-order valence-electron chi connectivity index (χ3n) is 4.23. The van der Waals surface area contributed by atoms with Gasteiger partial charge in [0.2, 0.25) is 0 Å². The first kappa shape index (κ1) is 16.4. The average molecular weight is 292 g/mol. The maximum atomic E-state index is 9.96. The summed E-state index contributed by atoms with van der Waals surface area (Å²) >= 11 is 0. The molecule has 0 radical (unpaired) electrons. The molecule has 1 aliphatic rings. The number of aromatic nitrogens is 1. The van der Waals surface area contributed by atoms with Crippen molar-refractivity contribution in [3.63, 3.8) is 0 Å². The van der Waals surface area contributed by atoms with Gasteiger partial charge in [-0.1, -0.05) is 25.8 Å². The minimum Gasteiger partial charge on any atom is -0.389 e. The fraction of sp³-hybridized carbons (Fsp3) is 0.706. The topological polar surface area (TPSA) is 54.4 Å². The molecule has 2 rings (SSSR count). The van der Waals surface area contributed by atoms with E-state index < -0.39 is 6.10 Å². The fourth-order valence-corrected chi connectivity index (χ4v) is 2.87. The van der Waals surface area contributed by atoms with Crippen molar-refractivity contribution in [1.82, 2.24) is 10.3 Å². The number of ether oxygens (including phenoxy) is 1. The third-order valence-corrected chi connectivity index (χ3v) is 4.23. The van der Waals surface area contributed by atoms with Crippen molar-refractivity contribution < 1.29 is 9.84 Å². The summed E-state index contributed by atoms with van der Waals surface area (Å²) in [7, 11) is 0. The minimum absolute atomic E-state index is 0.337. The molecular formula is C17H28N2O2. The number of hydrogen-bond acceptors (Lipinski definition) is 4. The van der Waals surface area contributed by atoms with Crippen molar-refractivity contribution in [1.29, 1.82) is 0 Å². The summed E-state index contributed by atoms with van der Waals surface area (Å²) in [6.45, 7) is 4.13. The van der Waals surface area contributed by atoms with Gasteiger partial charge < -0.3 is 15.2 Å². The minimum atomic E-state index is -0.423. The highest BCUT2D eigenvalue weighted by Gasteiger charge is 2.22. The molecule has 118 valence electrons. The van der Waals surface area contributed by atoms with Gasteiger partial charge in [-0.3, -0.25) is 4.98 Å². The lowest BCUT2D eigenvalue weighted by Crippen LogP contribution is -2.35. The van der Waals surface area contributed by atoms with E-state index in [0.29, 0.717) is 25.2 Å². The van der Waals surface area contributed by atoms with E-state index in [0.717, 1.165) is 19.4 Å². The van der Waals surface area contributed by atoms with Crippen molar-refractivity contribution in [3.05, 3.63) is 30.1 Å². The van der Waals surface area contributed by atoms with Gasteiger partial charge in [-0.25, -0.2) is 0 Å². The molecule has 1 heterocycles. The lowest BCUT2D eigenvalue weighted by atomic mass is 9.88. The predicted molar refractivity (Wildman–Crippen MR) is 84.2 cm³/mol. The number of aliphatic hydroxyl groups excluding tert-OH is 1. The van der Waals surface area contributed by atoms with Gasteiger partial charge in [0.1, 0.15) is 0 Å². The van der Waals surface area contributed by atoms with Crippen molar-refractivity contribution in [3.8, 4) is 0 Å². The summed E-state index contributed by atoms with van der Waals surface area (Å²) in [5.74, 6) is 0.629. The standard InChI is InChI=1S/C17H28N2O2/c1-14-5-2-3-7-17(14)21-13-16(20)12-19-10-8-15-6-4-9-18-11-15/h4,6,9,11,14,16-17,19-20H,2-3,5,7-8,10,12-13H2,1H3. The third kappa shape index (κ3) is 6.12. The highest BCUT2D eigenvalue weighted by molar-refractivity contribution is 5.08. The van der Waals surface area contributed by atoms with E-state index in [1.807, 2.05) is 12.3 Å². The largest absolute Gasteiger partial charge is 0.389 e. The van der Waals surface area contributed by atoms with E-state index in [1.165, 1.54) is 24.8 Å². The van der Waals surface area contributed by atoms with Gasteiger partial charge in [-0.2, -0.15) is 0 Å². The maximum absolute atomic E-state index is 9.96. The van der Waals surface area contributed by atoms with Crippen LogP contribution in [0, 0.1) is 5.92 Å². The van der Waals surface area contributed by atoms with E-state index in [2.05, 4.69) is 23.3 Å². The lowest BCUT2D eigenvalue weighted by Gasteiger charge is -2.29. The Balaban J connectivity index is 1.54. The van der Waals surface area contributed by atoms with Crippen LogP contribution in [0.1, 0.15) is 38.2 Å². The first-order chi connectivity index (χ1) is 10.3. The van der Waals surface area contributed by atoms with Gasteiger partial charge in [-0.15, -0.1) is 0 Å². The van der Waals surface area contributed by atoms with Crippen LogP contribution in [0.3, 0.4) is 0 Å². The van der Waals surface area contributed by atoms with Gasteiger partial charge in [0.25, 0.3) is 0 Å². The highest BCUT2D eigenvalue weighted by atomic mass is 16.5. The number of nitrogens with zero attached hydrogens (tertiary/aromatic N) is 1. The van der Waals surface area contributed by atoms with Crippen LogP contribution in [-0.4, -0.2) is 42.0 Å². The van der Waals surface area contributed by atoms with Gasteiger partial charge in [0.15, 0.2) is 0 Å². The molecular weight excluding hydrogens is 264 g/mol. The molecule has 1 aromatic rings. The Morgan fingerprint density at radius 3 is 3.05 bits per heavy atom. The van der Waals surface area contributed by atoms with Gasteiger partial charge in [0.05, 0.1) is 18.8 Å². The van der Waals surface area contributed by atoms with E-state index in [9.17, 15) is 5.11 Å². The molecule has 4 nitrogen and oxygen atoms in total. The zero-order valence-corrected chi connectivity index (χ0v) is 13.0. The second-order valence-corrected chi connectivity index (χ2v) is 6.10. The van der Waals surface area contributed by atoms with E-state index in [1.54, 1.807) is 6.20 Å². The second kappa shape index (κ2) is 9.13. The predicted octanol–water partition coefficient (Wildman–Crippen LogP) is 2.17. The van der Waals surface area contributed by atoms with Crippen LogP contribution < -0.4 is 5.32 Å². The number of nitrogens with one attached hydrogen (secondary N) is 1. The Hall–Kier alpha value is -0.970. The van der Waals surface area contributed by atoms with E-state index in [-0.39, 0.29) is 0 Å². The smallest absolute Gasteiger partial charge is 0.0897 e. The molecule has 0 bridgehead atoms. The van der Waals surface area contributed by atoms with Crippen LogP contribution in [0.2, 0.25) is 0 Å². The van der Waals surface area contributed by atoms with Crippen LogP contribution >= 0.6 is 0 Å². The quantitative estimate of drug-likeness (QED) is 0.721. The molecule has 1 aromatic heterocycles.